The maximum atomic E-state index is 13.3. The molecule has 1 N–H and O–H groups in total. The number of nitrogens with one attached hydrogen (secondary N) is 1. The number of aromatic nitrogens is 4. The molecule has 0 atom stereocenters. The lowest BCUT2D eigenvalue weighted by atomic mass is 10.1. The van der Waals surface area contributed by atoms with Crippen LogP contribution in [0.15, 0.2) is 59.5 Å². The molecule has 7 nitrogen and oxygen atoms in total. The molecule has 0 unspecified atom stereocenters. The molecule has 1 saturated carbocycles. The van der Waals surface area contributed by atoms with Gasteiger partial charge in [-0.2, -0.15) is 10.2 Å². The molecule has 2 aromatic carbocycles. The summed E-state index contributed by atoms with van der Waals surface area (Å²) < 4.78 is 2.92. The molecule has 1 aliphatic carbocycles. The first kappa shape index (κ1) is 19.2. The van der Waals surface area contributed by atoms with Gasteiger partial charge >= 0.3 is 0 Å². The van der Waals surface area contributed by atoms with Crippen LogP contribution in [-0.4, -0.2) is 25.5 Å². The zero-order valence-corrected chi connectivity index (χ0v) is 17.5. The highest BCUT2D eigenvalue weighted by molar-refractivity contribution is 5.91. The fourth-order valence-corrected chi connectivity index (χ4v) is 3.84. The van der Waals surface area contributed by atoms with E-state index < -0.39 is 0 Å². The topological polar surface area (TPSA) is 81.8 Å². The molecule has 4 aromatic rings. The van der Waals surface area contributed by atoms with E-state index in [1.165, 1.54) is 4.68 Å². The minimum atomic E-state index is -0.322. The van der Waals surface area contributed by atoms with Crippen LogP contribution in [0, 0.1) is 13.8 Å². The SMILES string of the molecule is Cc1cccc(NC(=O)Cn2nc(C3CC3)c3cnn(-c4ccccc4)c3c2=O)c1C. The van der Waals surface area contributed by atoms with E-state index in [0.717, 1.165) is 46.4 Å². The Balaban J connectivity index is 1.56. The zero-order chi connectivity index (χ0) is 21.5. The molecule has 0 bridgehead atoms. The summed E-state index contributed by atoms with van der Waals surface area (Å²) in [7, 11) is 0. The Labute approximate surface area is 179 Å². The summed E-state index contributed by atoms with van der Waals surface area (Å²) in [6.45, 7) is 3.81. The van der Waals surface area contributed by atoms with Crippen molar-refractivity contribution < 1.29 is 4.79 Å². The predicted molar refractivity (Wildman–Crippen MR) is 120 cm³/mol. The van der Waals surface area contributed by atoms with Crippen LogP contribution in [0.5, 0.6) is 0 Å². The van der Waals surface area contributed by atoms with Crippen LogP contribution in [-0.2, 0) is 11.3 Å². The van der Waals surface area contributed by atoms with Gasteiger partial charge in [-0.05, 0) is 56.0 Å². The first-order chi connectivity index (χ1) is 15.0. The van der Waals surface area contributed by atoms with Crippen LogP contribution in [0.4, 0.5) is 5.69 Å². The van der Waals surface area contributed by atoms with Gasteiger partial charge in [0, 0.05) is 17.0 Å². The van der Waals surface area contributed by atoms with Gasteiger partial charge < -0.3 is 5.32 Å². The normalized spacial score (nSPS) is 13.5. The first-order valence-electron chi connectivity index (χ1n) is 10.4. The van der Waals surface area contributed by atoms with Crippen molar-refractivity contribution in [3.8, 4) is 5.69 Å². The monoisotopic (exact) mass is 413 g/mol. The van der Waals surface area contributed by atoms with E-state index in [9.17, 15) is 9.59 Å². The van der Waals surface area contributed by atoms with Crippen molar-refractivity contribution in [3.05, 3.63) is 81.9 Å². The Morgan fingerprint density at radius 2 is 1.87 bits per heavy atom. The quantitative estimate of drug-likeness (QED) is 0.541. The lowest BCUT2D eigenvalue weighted by Crippen LogP contribution is -2.31. The highest BCUT2D eigenvalue weighted by atomic mass is 16.2. The maximum Gasteiger partial charge on any atom is 0.293 e. The number of hydrogen-bond acceptors (Lipinski definition) is 4. The molecule has 5 rings (SSSR count). The van der Waals surface area contributed by atoms with Crippen molar-refractivity contribution >= 4 is 22.5 Å². The van der Waals surface area contributed by atoms with Crippen LogP contribution < -0.4 is 10.9 Å². The number of nitrogens with zero attached hydrogens (tertiary/aromatic N) is 4. The molecule has 156 valence electrons. The van der Waals surface area contributed by atoms with Gasteiger partial charge in [-0.3, -0.25) is 9.59 Å². The summed E-state index contributed by atoms with van der Waals surface area (Å²) in [5.41, 5.74) is 4.63. The van der Waals surface area contributed by atoms with Crippen molar-refractivity contribution in [2.24, 2.45) is 0 Å². The maximum absolute atomic E-state index is 13.3. The van der Waals surface area contributed by atoms with E-state index >= 15 is 0 Å². The molecule has 1 aliphatic rings. The Morgan fingerprint density at radius 1 is 1.10 bits per heavy atom. The number of anilines is 1. The van der Waals surface area contributed by atoms with Gasteiger partial charge in [0.1, 0.15) is 12.1 Å². The Kier molecular flexibility index (Phi) is 4.66. The number of benzene rings is 2. The molecule has 0 spiro atoms. The summed E-state index contributed by atoms with van der Waals surface area (Å²) in [6, 6.07) is 15.3. The molecule has 1 amide bonds. The molecule has 2 heterocycles. The minimum Gasteiger partial charge on any atom is -0.324 e. The molecule has 0 aliphatic heterocycles. The zero-order valence-electron chi connectivity index (χ0n) is 17.5. The lowest BCUT2D eigenvalue weighted by molar-refractivity contribution is -0.117. The Hall–Kier alpha value is -3.74. The molecule has 0 radical (unpaired) electrons. The van der Waals surface area contributed by atoms with Crippen molar-refractivity contribution in [2.45, 2.75) is 39.2 Å². The van der Waals surface area contributed by atoms with Crippen LogP contribution in [0.2, 0.25) is 0 Å². The number of carbonyl (C=O) groups excluding carboxylic acids is 1. The second-order valence-corrected chi connectivity index (χ2v) is 8.07. The highest BCUT2D eigenvalue weighted by Crippen LogP contribution is 2.41. The number of rotatable bonds is 5. The van der Waals surface area contributed by atoms with Crippen molar-refractivity contribution in [1.82, 2.24) is 19.6 Å². The average molecular weight is 413 g/mol. The number of hydrogen-bond donors (Lipinski definition) is 1. The largest absolute Gasteiger partial charge is 0.324 e. The summed E-state index contributed by atoms with van der Waals surface area (Å²) in [5, 5.41) is 12.7. The summed E-state index contributed by atoms with van der Waals surface area (Å²) >= 11 is 0. The van der Waals surface area contributed by atoms with Crippen LogP contribution in [0.25, 0.3) is 16.6 Å². The highest BCUT2D eigenvalue weighted by Gasteiger charge is 2.30. The summed E-state index contributed by atoms with van der Waals surface area (Å²) in [4.78, 5) is 26.1. The van der Waals surface area contributed by atoms with E-state index in [4.69, 9.17) is 0 Å². The van der Waals surface area contributed by atoms with E-state index in [-0.39, 0.29) is 18.0 Å². The Bertz CT molecular complexity index is 1350. The lowest BCUT2D eigenvalue weighted by Gasteiger charge is -2.12. The van der Waals surface area contributed by atoms with Crippen LogP contribution in [0.3, 0.4) is 0 Å². The van der Waals surface area contributed by atoms with E-state index in [2.05, 4.69) is 15.5 Å². The minimum absolute atomic E-state index is 0.151. The van der Waals surface area contributed by atoms with Gasteiger partial charge in [0.05, 0.1) is 17.6 Å². The molecular weight excluding hydrogens is 390 g/mol. The number of fused-ring (bicyclic) bond motifs is 1. The molecule has 0 saturated heterocycles. The van der Waals surface area contributed by atoms with Gasteiger partial charge in [-0.25, -0.2) is 9.36 Å². The van der Waals surface area contributed by atoms with Gasteiger partial charge in [-0.15, -0.1) is 0 Å². The smallest absolute Gasteiger partial charge is 0.293 e. The number of carbonyl (C=O) groups is 1. The van der Waals surface area contributed by atoms with Gasteiger partial charge in [-0.1, -0.05) is 30.3 Å². The van der Waals surface area contributed by atoms with Gasteiger partial charge in [0.15, 0.2) is 0 Å². The fourth-order valence-electron chi connectivity index (χ4n) is 3.84. The number of amides is 1. The van der Waals surface area contributed by atoms with E-state index in [1.807, 2.05) is 62.4 Å². The molecule has 2 aromatic heterocycles. The predicted octanol–water partition coefficient (Wildman–Crippen LogP) is 3.72. The number of para-hydroxylation sites is 1. The second-order valence-electron chi connectivity index (χ2n) is 8.07. The third-order valence-electron chi connectivity index (χ3n) is 5.85. The van der Waals surface area contributed by atoms with Crippen molar-refractivity contribution in [1.29, 1.82) is 0 Å². The molecular formula is C24H23N5O2. The molecule has 1 fully saturated rings. The number of aryl methyl sites for hydroxylation is 1. The van der Waals surface area contributed by atoms with Crippen molar-refractivity contribution in [2.75, 3.05) is 5.32 Å². The third kappa shape index (κ3) is 3.52. The van der Waals surface area contributed by atoms with Gasteiger partial charge in [0.2, 0.25) is 5.91 Å². The van der Waals surface area contributed by atoms with E-state index in [1.54, 1.807) is 10.9 Å². The van der Waals surface area contributed by atoms with Crippen LogP contribution in [0.1, 0.15) is 35.6 Å². The van der Waals surface area contributed by atoms with E-state index in [0.29, 0.717) is 11.4 Å². The first-order valence-corrected chi connectivity index (χ1v) is 10.4. The molecule has 7 heteroatoms. The van der Waals surface area contributed by atoms with Crippen molar-refractivity contribution in [3.63, 3.8) is 0 Å². The second kappa shape index (κ2) is 7.50. The Morgan fingerprint density at radius 3 is 2.61 bits per heavy atom. The average Bonchev–Trinajstić information content (AvgIpc) is 3.51. The van der Waals surface area contributed by atoms with Crippen LogP contribution >= 0.6 is 0 Å². The van der Waals surface area contributed by atoms with Gasteiger partial charge in [0.25, 0.3) is 5.56 Å². The fraction of sp³-hybridized carbons (Fsp3) is 0.250. The molecule has 31 heavy (non-hydrogen) atoms. The summed E-state index contributed by atoms with van der Waals surface area (Å²) in [6.07, 6.45) is 3.78. The summed E-state index contributed by atoms with van der Waals surface area (Å²) in [5.74, 6) is 0.0278. The third-order valence-corrected chi connectivity index (χ3v) is 5.85. The standard InChI is InChI=1S/C24H23N5O2/c1-15-7-6-10-20(16(15)2)26-21(30)14-28-24(31)23-19(22(27-28)17-11-12-17)13-25-29(23)18-8-4-3-5-9-18/h3-10,13,17H,11-12,14H2,1-2H3,(H,26,30).